The summed E-state index contributed by atoms with van der Waals surface area (Å²) in [6.07, 6.45) is 1.72. The summed E-state index contributed by atoms with van der Waals surface area (Å²) in [7, 11) is 0. The SMILES string of the molecule is Cc1cnc(NC(=O)c2n[nH]c(C(C)C)c2Br)s1. The fourth-order valence-electron chi connectivity index (χ4n) is 1.44. The lowest BCUT2D eigenvalue weighted by atomic mass is 10.1. The second-order valence-electron chi connectivity index (χ2n) is 4.18. The van der Waals surface area contributed by atoms with Crippen molar-refractivity contribution >= 4 is 38.3 Å². The smallest absolute Gasteiger partial charge is 0.279 e. The van der Waals surface area contributed by atoms with Crippen molar-refractivity contribution in [1.29, 1.82) is 0 Å². The number of rotatable bonds is 3. The Morgan fingerprint density at radius 3 is 2.78 bits per heavy atom. The number of H-pyrrole nitrogens is 1. The molecule has 0 bridgehead atoms. The maximum Gasteiger partial charge on any atom is 0.279 e. The van der Waals surface area contributed by atoms with Crippen molar-refractivity contribution < 1.29 is 4.79 Å². The number of aryl methyl sites for hydroxylation is 1. The third kappa shape index (κ3) is 2.62. The van der Waals surface area contributed by atoms with Crippen molar-refractivity contribution in [3.63, 3.8) is 0 Å². The molecule has 0 unspecified atom stereocenters. The quantitative estimate of drug-likeness (QED) is 0.907. The van der Waals surface area contributed by atoms with Crippen LogP contribution in [-0.4, -0.2) is 21.1 Å². The molecule has 2 heterocycles. The minimum Gasteiger partial charge on any atom is -0.296 e. The number of amides is 1. The van der Waals surface area contributed by atoms with Gasteiger partial charge in [0.2, 0.25) is 0 Å². The summed E-state index contributed by atoms with van der Waals surface area (Å²) in [5.41, 5.74) is 1.27. The highest BCUT2D eigenvalue weighted by molar-refractivity contribution is 9.10. The predicted octanol–water partition coefficient (Wildman–Crippen LogP) is 3.31. The van der Waals surface area contributed by atoms with Gasteiger partial charge < -0.3 is 0 Å². The summed E-state index contributed by atoms with van der Waals surface area (Å²) in [6.45, 7) is 6.00. The third-order valence-electron chi connectivity index (χ3n) is 2.37. The summed E-state index contributed by atoms with van der Waals surface area (Å²) in [6, 6.07) is 0. The van der Waals surface area contributed by atoms with Crippen molar-refractivity contribution in [3.05, 3.63) is 26.9 Å². The van der Waals surface area contributed by atoms with Gasteiger partial charge in [0.1, 0.15) is 0 Å². The van der Waals surface area contributed by atoms with Crippen LogP contribution in [0, 0.1) is 6.92 Å². The third-order valence-corrected chi connectivity index (χ3v) is 4.00. The first-order valence-electron chi connectivity index (χ1n) is 5.46. The number of hydrogen-bond acceptors (Lipinski definition) is 4. The number of nitrogens with zero attached hydrogens (tertiary/aromatic N) is 2. The molecule has 0 aliphatic rings. The van der Waals surface area contributed by atoms with Gasteiger partial charge in [-0.2, -0.15) is 5.10 Å². The molecule has 1 amide bonds. The first kappa shape index (κ1) is 13.2. The van der Waals surface area contributed by atoms with Gasteiger partial charge in [-0.05, 0) is 28.8 Å². The second-order valence-corrected chi connectivity index (χ2v) is 6.21. The molecule has 2 N–H and O–H groups in total. The van der Waals surface area contributed by atoms with Gasteiger partial charge in [-0.25, -0.2) is 4.98 Å². The van der Waals surface area contributed by atoms with Gasteiger partial charge in [0.05, 0.1) is 10.2 Å². The van der Waals surface area contributed by atoms with E-state index in [0.717, 1.165) is 10.6 Å². The van der Waals surface area contributed by atoms with Crippen molar-refractivity contribution in [2.45, 2.75) is 26.7 Å². The number of halogens is 1. The van der Waals surface area contributed by atoms with Gasteiger partial charge in [-0.1, -0.05) is 13.8 Å². The maximum absolute atomic E-state index is 12.0. The van der Waals surface area contributed by atoms with E-state index in [-0.39, 0.29) is 11.8 Å². The van der Waals surface area contributed by atoms with E-state index in [2.05, 4.69) is 36.4 Å². The van der Waals surface area contributed by atoms with Crippen LogP contribution in [0.2, 0.25) is 0 Å². The molecule has 0 saturated carbocycles. The number of nitrogens with one attached hydrogen (secondary N) is 2. The van der Waals surface area contributed by atoms with Crippen LogP contribution in [-0.2, 0) is 0 Å². The first-order valence-corrected chi connectivity index (χ1v) is 7.07. The lowest BCUT2D eigenvalue weighted by Crippen LogP contribution is -2.12. The molecule has 0 aliphatic carbocycles. The van der Waals surface area contributed by atoms with Gasteiger partial charge >= 0.3 is 0 Å². The molecule has 7 heteroatoms. The molecule has 5 nitrogen and oxygen atoms in total. The molecule has 96 valence electrons. The van der Waals surface area contributed by atoms with E-state index >= 15 is 0 Å². The van der Waals surface area contributed by atoms with Crippen molar-refractivity contribution in [1.82, 2.24) is 15.2 Å². The normalized spacial score (nSPS) is 10.9. The molecule has 0 spiro atoms. The van der Waals surface area contributed by atoms with Gasteiger partial charge in [0, 0.05) is 11.1 Å². The topological polar surface area (TPSA) is 70.7 Å². The monoisotopic (exact) mass is 328 g/mol. The number of thiazole rings is 1. The Balaban J connectivity index is 2.19. The standard InChI is InChI=1S/C11H13BrN4OS/c1-5(2)8-7(12)9(16-15-8)10(17)14-11-13-4-6(3)18-11/h4-5H,1-3H3,(H,15,16)(H,13,14,17). The Bertz CT molecular complexity index is 575. The molecule has 0 aliphatic heterocycles. The molecule has 2 aromatic rings. The van der Waals surface area contributed by atoms with Gasteiger partial charge in [-0.15, -0.1) is 11.3 Å². The zero-order valence-electron chi connectivity index (χ0n) is 10.2. The number of anilines is 1. The lowest BCUT2D eigenvalue weighted by molar-refractivity contribution is 0.102. The van der Waals surface area contributed by atoms with E-state index < -0.39 is 0 Å². The average molecular weight is 329 g/mol. The van der Waals surface area contributed by atoms with Gasteiger partial charge in [0.25, 0.3) is 5.91 Å². The van der Waals surface area contributed by atoms with Crippen LogP contribution in [0.15, 0.2) is 10.7 Å². The van der Waals surface area contributed by atoms with Crippen LogP contribution >= 0.6 is 27.3 Å². The van der Waals surface area contributed by atoms with Crippen LogP contribution in [0.25, 0.3) is 0 Å². The first-order chi connectivity index (χ1) is 8.49. The van der Waals surface area contributed by atoms with E-state index in [0.29, 0.717) is 15.3 Å². The van der Waals surface area contributed by atoms with E-state index in [4.69, 9.17) is 0 Å². The Labute approximate surface area is 117 Å². The van der Waals surface area contributed by atoms with Crippen molar-refractivity contribution in [2.75, 3.05) is 5.32 Å². The highest BCUT2D eigenvalue weighted by Gasteiger charge is 2.19. The fraction of sp³-hybridized carbons (Fsp3) is 0.364. The largest absolute Gasteiger partial charge is 0.296 e. The van der Waals surface area contributed by atoms with E-state index in [9.17, 15) is 4.79 Å². The number of hydrogen-bond donors (Lipinski definition) is 2. The number of carbonyl (C=O) groups excluding carboxylic acids is 1. The van der Waals surface area contributed by atoms with Gasteiger partial charge in [0.15, 0.2) is 10.8 Å². The van der Waals surface area contributed by atoms with Crippen molar-refractivity contribution in [2.24, 2.45) is 0 Å². The van der Waals surface area contributed by atoms with Crippen LogP contribution in [0.1, 0.15) is 40.8 Å². The molecular weight excluding hydrogens is 316 g/mol. The predicted molar refractivity (Wildman–Crippen MR) is 75.2 cm³/mol. The van der Waals surface area contributed by atoms with E-state index in [1.54, 1.807) is 6.20 Å². The minimum atomic E-state index is -0.264. The number of aromatic amines is 1. The molecule has 0 fully saturated rings. The number of carbonyl (C=O) groups is 1. The lowest BCUT2D eigenvalue weighted by Gasteiger charge is -2.01. The van der Waals surface area contributed by atoms with Crippen LogP contribution in [0.3, 0.4) is 0 Å². The Morgan fingerprint density at radius 2 is 2.28 bits per heavy atom. The molecule has 0 radical (unpaired) electrons. The van der Waals surface area contributed by atoms with E-state index in [1.165, 1.54) is 11.3 Å². The minimum absolute atomic E-state index is 0.264. The van der Waals surface area contributed by atoms with Crippen LogP contribution < -0.4 is 5.32 Å². The summed E-state index contributed by atoms with van der Waals surface area (Å²) in [4.78, 5) is 17.2. The van der Waals surface area contributed by atoms with Crippen molar-refractivity contribution in [3.8, 4) is 0 Å². The molecule has 2 aromatic heterocycles. The fourth-order valence-corrected chi connectivity index (χ4v) is 2.92. The average Bonchev–Trinajstić information content (AvgIpc) is 2.85. The zero-order chi connectivity index (χ0) is 13.3. The van der Waals surface area contributed by atoms with E-state index in [1.807, 2.05) is 20.8 Å². The van der Waals surface area contributed by atoms with Crippen LogP contribution in [0.4, 0.5) is 5.13 Å². The molecule has 18 heavy (non-hydrogen) atoms. The Kier molecular flexibility index (Phi) is 3.82. The summed E-state index contributed by atoms with van der Waals surface area (Å²) in [5.74, 6) is 0.00917. The molecule has 0 saturated heterocycles. The summed E-state index contributed by atoms with van der Waals surface area (Å²) >= 11 is 4.83. The summed E-state index contributed by atoms with van der Waals surface area (Å²) in [5, 5.41) is 10.2. The second kappa shape index (κ2) is 5.19. The molecular formula is C11H13BrN4OS. The highest BCUT2D eigenvalue weighted by atomic mass is 79.9. The zero-order valence-corrected chi connectivity index (χ0v) is 12.6. The number of aromatic nitrogens is 3. The molecule has 2 rings (SSSR count). The summed E-state index contributed by atoms with van der Waals surface area (Å²) < 4.78 is 0.711. The highest BCUT2D eigenvalue weighted by Crippen LogP contribution is 2.26. The molecule has 0 atom stereocenters. The van der Waals surface area contributed by atoms with Gasteiger partial charge in [-0.3, -0.25) is 15.2 Å². The Hall–Kier alpha value is -1.21. The Morgan fingerprint density at radius 1 is 1.56 bits per heavy atom. The van der Waals surface area contributed by atoms with Crippen LogP contribution in [0.5, 0.6) is 0 Å². The maximum atomic E-state index is 12.0. The molecule has 0 aromatic carbocycles.